The second-order valence-electron chi connectivity index (χ2n) is 5.73. The van der Waals surface area contributed by atoms with Gasteiger partial charge in [-0.05, 0) is 17.7 Å². The molecule has 144 valence electrons. The molecular weight excluding hydrogens is 375 g/mol. The number of H-pyrrole nitrogens is 1. The molecule has 3 rings (SSSR count). The van der Waals surface area contributed by atoms with Crippen molar-refractivity contribution in [1.82, 2.24) is 9.97 Å². The van der Waals surface area contributed by atoms with Gasteiger partial charge in [-0.2, -0.15) is 13.2 Å². The summed E-state index contributed by atoms with van der Waals surface area (Å²) in [4.78, 5) is 30.1. The lowest BCUT2D eigenvalue weighted by atomic mass is 10.2. The molecular formula is C19H14F3N3O3. The van der Waals surface area contributed by atoms with Gasteiger partial charge >= 0.3 is 6.18 Å². The van der Waals surface area contributed by atoms with Gasteiger partial charge in [0, 0.05) is 12.4 Å². The summed E-state index contributed by atoms with van der Waals surface area (Å²) in [6, 6.07) is 11.1. The van der Waals surface area contributed by atoms with E-state index < -0.39 is 28.9 Å². The minimum absolute atomic E-state index is 0.0303. The largest absolute Gasteiger partial charge is 0.486 e. The van der Waals surface area contributed by atoms with Crippen LogP contribution in [-0.2, 0) is 12.8 Å². The van der Waals surface area contributed by atoms with Gasteiger partial charge in [0.05, 0.1) is 17.3 Å². The normalized spacial score (nSPS) is 11.1. The molecule has 0 spiro atoms. The molecule has 6 nitrogen and oxygen atoms in total. The number of nitrogens with one attached hydrogen (secondary N) is 2. The Morgan fingerprint density at radius 1 is 1.18 bits per heavy atom. The molecule has 0 atom stereocenters. The third-order valence-electron chi connectivity index (χ3n) is 3.75. The average molecular weight is 389 g/mol. The van der Waals surface area contributed by atoms with Gasteiger partial charge in [-0.15, -0.1) is 0 Å². The van der Waals surface area contributed by atoms with Crippen LogP contribution in [0, 0.1) is 0 Å². The van der Waals surface area contributed by atoms with Gasteiger partial charge in [-0.25, -0.2) is 0 Å². The zero-order valence-corrected chi connectivity index (χ0v) is 14.3. The van der Waals surface area contributed by atoms with Crippen LogP contribution in [0.15, 0.2) is 65.8 Å². The predicted octanol–water partition coefficient (Wildman–Crippen LogP) is 3.62. The molecule has 0 unspecified atom stereocenters. The van der Waals surface area contributed by atoms with Gasteiger partial charge in [0.15, 0.2) is 5.75 Å². The Balaban J connectivity index is 1.81. The maximum Gasteiger partial charge on any atom is 0.417 e. The molecule has 0 saturated heterocycles. The van der Waals surface area contributed by atoms with Crippen LogP contribution in [0.25, 0.3) is 0 Å². The first-order chi connectivity index (χ1) is 13.3. The van der Waals surface area contributed by atoms with Crippen molar-refractivity contribution in [2.75, 3.05) is 5.32 Å². The highest BCUT2D eigenvalue weighted by molar-refractivity contribution is 6.06. The number of amides is 1. The van der Waals surface area contributed by atoms with Crippen LogP contribution in [0.3, 0.4) is 0 Å². The van der Waals surface area contributed by atoms with Crippen molar-refractivity contribution >= 4 is 11.6 Å². The molecule has 2 N–H and O–H groups in total. The summed E-state index contributed by atoms with van der Waals surface area (Å²) in [7, 11) is 0. The fraction of sp³-hybridized carbons (Fsp3) is 0.105. The van der Waals surface area contributed by atoms with Gasteiger partial charge in [-0.1, -0.05) is 30.3 Å². The average Bonchev–Trinajstić information content (AvgIpc) is 2.68. The van der Waals surface area contributed by atoms with Crippen molar-refractivity contribution < 1.29 is 22.7 Å². The highest BCUT2D eigenvalue weighted by atomic mass is 19.4. The number of pyridine rings is 2. The summed E-state index contributed by atoms with van der Waals surface area (Å²) in [5, 5.41) is 2.19. The van der Waals surface area contributed by atoms with E-state index in [-0.39, 0.29) is 17.9 Å². The van der Waals surface area contributed by atoms with Crippen molar-refractivity contribution in [2.24, 2.45) is 0 Å². The molecule has 2 aromatic heterocycles. The zero-order chi connectivity index (χ0) is 20.1. The van der Waals surface area contributed by atoms with E-state index in [2.05, 4.69) is 10.3 Å². The maximum atomic E-state index is 12.8. The lowest BCUT2D eigenvalue weighted by Crippen LogP contribution is -2.22. The van der Waals surface area contributed by atoms with E-state index in [0.29, 0.717) is 12.3 Å². The molecule has 0 aliphatic rings. The van der Waals surface area contributed by atoms with Gasteiger partial charge in [-0.3, -0.25) is 14.6 Å². The Hall–Kier alpha value is -3.62. The Morgan fingerprint density at radius 2 is 1.93 bits per heavy atom. The number of aromatic nitrogens is 2. The molecule has 0 saturated carbocycles. The van der Waals surface area contributed by atoms with Gasteiger partial charge < -0.3 is 15.0 Å². The van der Waals surface area contributed by atoms with Gasteiger partial charge in [0.1, 0.15) is 12.3 Å². The third kappa shape index (κ3) is 4.56. The number of nitrogens with zero attached hydrogens (tertiary/aromatic N) is 1. The lowest BCUT2D eigenvalue weighted by molar-refractivity contribution is -0.137. The molecule has 28 heavy (non-hydrogen) atoms. The Kier molecular flexibility index (Phi) is 5.44. The Labute approximate surface area is 157 Å². The first kappa shape index (κ1) is 19.2. The van der Waals surface area contributed by atoms with Crippen LogP contribution < -0.4 is 15.6 Å². The van der Waals surface area contributed by atoms with E-state index >= 15 is 0 Å². The molecule has 1 aromatic carbocycles. The number of hydrogen-bond acceptors (Lipinski definition) is 4. The summed E-state index contributed by atoms with van der Waals surface area (Å²) in [5.74, 6) is -0.664. The number of hydrogen-bond donors (Lipinski definition) is 2. The zero-order valence-electron chi connectivity index (χ0n) is 14.3. The summed E-state index contributed by atoms with van der Waals surface area (Å²) >= 11 is 0. The number of anilines is 1. The first-order valence-electron chi connectivity index (χ1n) is 8.06. The van der Waals surface area contributed by atoms with Crippen molar-refractivity contribution in [3.63, 3.8) is 0 Å². The van der Waals surface area contributed by atoms with Crippen LogP contribution in [0.2, 0.25) is 0 Å². The molecule has 2 heterocycles. The number of aromatic amines is 1. The van der Waals surface area contributed by atoms with Crippen molar-refractivity contribution in [3.8, 4) is 5.75 Å². The van der Waals surface area contributed by atoms with Crippen LogP contribution >= 0.6 is 0 Å². The van der Waals surface area contributed by atoms with Crippen LogP contribution in [0.4, 0.5) is 18.9 Å². The van der Waals surface area contributed by atoms with E-state index in [9.17, 15) is 22.8 Å². The third-order valence-corrected chi connectivity index (χ3v) is 3.75. The molecule has 1 amide bonds. The molecule has 0 aliphatic heterocycles. The topological polar surface area (TPSA) is 84.1 Å². The van der Waals surface area contributed by atoms with E-state index in [1.165, 1.54) is 18.5 Å². The van der Waals surface area contributed by atoms with Gasteiger partial charge in [0.2, 0.25) is 0 Å². The Bertz CT molecular complexity index is 1030. The first-order valence-corrected chi connectivity index (χ1v) is 8.06. The molecule has 0 bridgehead atoms. The second-order valence-corrected chi connectivity index (χ2v) is 5.73. The molecule has 0 aliphatic carbocycles. The fourth-order valence-electron chi connectivity index (χ4n) is 2.35. The van der Waals surface area contributed by atoms with E-state index in [1.807, 2.05) is 35.3 Å². The summed E-state index contributed by atoms with van der Waals surface area (Å²) in [6.45, 7) is 0.164. The number of halogens is 3. The second kappa shape index (κ2) is 7.95. The standard InChI is InChI=1S/C19H14F3N3O3/c20-19(21,22)13-8-15(18(27)24-9-13)25-17(26)14-6-7-23-10-16(14)28-11-12-4-2-1-3-5-12/h1-10H,11H2,(H,24,27)(H,25,26). The van der Waals surface area contributed by atoms with Crippen molar-refractivity contribution in [1.29, 1.82) is 0 Å². The molecule has 3 aromatic rings. The quantitative estimate of drug-likeness (QED) is 0.698. The van der Waals surface area contributed by atoms with Crippen molar-refractivity contribution in [2.45, 2.75) is 12.8 Å². The number of carbonyl (C=O) groups is 1. The maximum absolute atomic E-state index is 12.8. The number of rotatable bonds is 5. The highest BCUT2D eigenvalue weighted by Crippen LogP contribution is 2.29. The van der Waals surface area contributed by atoms with E-state index in [1.54, 1.807) is 0 Å². The fourth-order valence-corrected chi connectivity index (χ4v) is 2.35. The van der Waals surface area contributed by atoms with Gasteiger partial charge in [0.25, 0.3) is 11.5 Å². The van der Waals surface area contributed by atoms with E-state index in [0.717, 1.165) is 5.56 Å². The van der Waals surface area contributed by atoms with Crippen LogP contribution in [0.5, 0.6) is 5.75 Å². The molecule has 0 radical (unpaired) electrons. The van der Waals surface area contributed by atoms with Crippen LogP contribution in [-0.4, -0.2) is 15.9 Å². The monoisotopic (exact) mass is 389 g/mol. The number of benzene rings is 1. The van der Waals surface area contributed by atoms with E-state index in [4.69, 9.17) is 4.74 Å². The predicted molar refractivity (Wildman–Crippen MR) is 95.0 cm³/mol. The highest BCUT2D eigenvalue weighted by Gasteiger charge is 2.31. The summed E-state index contributed by atoms with van der Waals surface area (Å²) in [6.07, 6.45) is -1.47. The number of alkyl halides is 3. The molecule has 9 heteroatoms. The van der Waals surface area contributed by atoms with Crippen LogP contribution in [0.1, 0.15) is 21.5 Å². The summed E-state index contributed by atoms with van der Waals surface area (Å²) < 4.78 is 44.1. The minimum atomic E-state index is -4.66. The number of ether oxygens (including phenoxy) is 1. The number of carbonyl (C=O) groups excluding carboxylic acids is 1. The summed E-state index contributed by atoms with van der Waals surface area (Å²) in [5.41, 5.74) is -1.58. The lowest BCUT2D eigenvalue weighted by Gasteiger charge is -2.12. The minimum Gasteiger partial charge on any atom is -0.486 e. The Morgan fingerprint density at radius 3 is 2.64 bits per heavy atom. The smallest absolute Gasteiger partial charge is 0.417 e. The SMILES string of the molecule is O=C(Nc1cc(C(F)(F)F)c[nH]c1=O)c1ccncc1OCc1ccccc1. The molecule has 0 fully saturated rings. The van der Waals surface area contributed by atoms with Crippen molar-refractivity contribution in [3.05, 3.63) is 88.1 Å².